The summed E-state index contributed by atoms with van der Waals surface area (Å²) >= 11 is 0. The number of aromatic nitrogens is 2. The van der Waals surface area contributed by atoms with Gasteiger partial charge in [0.2, 0.25) is 0 Å². The summed E-state index contributed by atoms with van der Waals surface area (Å²) in [5, 5.41) is 14.4. The molecule has 0 bridgehead atoms. The SMILES string of the molecule is Cn1ncc([N+](=O)[O-])c1C1CC1. The van der Waals surface area contributed by atoms with E-state index in [9.17, 15) is 10.1 Å². The Balaban J connectivity index is 2.46. The van der Waals surface area contributed by atoms with Gasteiger partial charge in [0.25, 0.3) is 0 Å². The summed E-state index contributed by atoms with van der Waals surface area (Å²) in [6.07, 6.45) is 3.44. The number of hydrogen-bond acceptors (Lipinski definition) is 3. The van der Waals surface area contributed by atoms with Crippen molar-refractivity contribution in [2.45, 2.75) is 18.8 Å². The van der Waals surface area contributed by atoms with Gasteiger partial charge in [-0.25, -0.2) is 0 Å². The van der Waals surface area contributed by atoms with E-state index in [2.05, 4.69) is 5.10 Å². The lowest BCUT2D eigenvalue weighted by Crippen LogP contribution is -1.98. The van der Waals surface area contributed by atoms with Gasteiger partial charge >= 0.3 is 5.69 Å². The summed E-state index contributed by atoms with van der Waals surface area (Å²) in [5.74, 6) is 0.373. The minimum atomic E-state index is -0.360. The van der Waals surface area contributed by atoms with Gasteiger partial charge in [-0.05, 0) is 12.8 Å². The largest absolute Gasteiger partial charge is 0.310 e. The molecule has 2 rings (SSSR count). The molecule has 0 saturated heterocycles. The smallest absolute Gasteiger partial charge is 0.265 e. The monoisotopic (exact) mass is 167 g/mol. The van der Waals surface area contributed by atoms with Gasteiger partial charge in [-0.1, -0.05) is 0 Å². The number of nitro groups is 1. The second-order valence-corrected chi connectivity index (χ2v) is 3.07. The van der Waals surface area contributed by atoms with Crippen LogP contribution < -0.4 is 0 Å². The lowest BCUT2D eigenvalue weighted by molar-refractivity contribution is -0.385. The van der Waals surface area contributed by atoms with Crippen LogP contribution in [0.2, 0.25) is 0 Å². The molecular formula is C7H9N3O2. The Bertz CT molecular complexity index is 327. The maximum absolute atomic E-state index is 10.5. The minimum Gasteiger partial charge on any atom is -0.265 e. The molecule has 1 aromatic heterocycles. The van der Waals surface area contributed by atoms with Crippen LogP contribution in [0, 0.1) is 10.1 Å². The summed E-state index contributed by atoms with van der Waals surface area (Å²) in [7, 11) is 1.75. The fraction of sp³-hybridized carbons (Fsp3) is 0.571. The first-order valence-corrected chi connectivity index (χ1v) is 3.86. The molecule has 0 atom stereocenters. The molecule has 1 aliphatic rings. The van der Waals surface area contributed by atoms with Gasteiger partial charge in [0.1, 0.15) is 11.9 Å². The first kappa shape index (κ1) is 7.27. The van der Waals surface area contributed by atoms with Crippen molar-refractivity contribution < 1.29 is 4.92 Å². The number of nitrogens with zero attached hydrogens (tertiary/aromatic N) is 3. The van der Waals surface area contributed by atoms with Gasteiger partial charge in [0, 0.05) is 13.0 Å². The average Bonchev–Trinajstić information content (AvgIpc) is 2.75. The molecule has 1 saturated carbocycles. The molecule has 5 nitrogen and oxygen atoms in total. The van der Waals surface area contributed by atoms with E-state index >= 15 is 0 Å². The fourth-order valence-electron chi connectivity index (χ4n) is 1.41. The van der Waals surface area contributed by atoms with Gasteiger partial charge < -0.3 is 0 Å². The van der Waals surface area contributed by atoms with Crippen LogP contribution in [0.3, 0.4) is 0 Å². The summed E-state index contributed by atoms with van der Waals surface area (Å²) in [6.45, 7) is 0. The maximum Gasteiger partial charge on any atom is 0.310 e. The summed E-state index contributed by atoms with van der Waals surface area (Å²) < 4.78 is 1.61. The van der Waals surface area contributed by atoms with E-state index < -0.39 is 0 Å². The predicted octanol–water partition coefficient (Wildman–Crippen LogP) is 1.21. The van der Waals surface area contributed by atoms with E-state index in [4.69, 9.17) is 0 Å². The van der Waals surface area contributed by atoms with E-state index in [0.29, 0.717) is 5.92 Å². The highest BCUT2D eigenvalue weighted by Crippen LogP contribution is 2.43. The van der Waals surface area contributed by atoms with Crippen molar-refractivity contribution in [2.75, 3.05) is 0 Å². The van der Waals surface area contributed by atoms with E-state index in [1.54, 1.807) is 11.7 Å². The van der Waals surface area contributed by atoms with E-state index in [1.807, 2.05) is 0 Å². The van der Waals surface area contributed by atoms with Gasteiger partial charge in [-0.15, -0.1) is 0 Å². The number of hydrogen-bond donors (Lipinski definition) is 0. The van der Waals surface area contributed by atoms with Crippen LogP contribution in [-0.2, 0) is 7.05 Å². The Morgan fingerprint density at radius 2 is 2.42 bits per heavy atom. The molecule has 5 heteroatoms. The summed E-state index contributed by atoms with van der Waals surface area (Å²) in [5.41, 5.74) is 0.944. The molecule has 0 unspecified atom stereocenters. The number of rotatable bonds is 2. The minimum absolute atomic E-state index is 0.167. The molecule has 0 aromatic carbocycles. The highest BCUT2D eigenvalue weighted by atomic mass is 16.6. The summed E-state index contributed by atoms with van der Waals surface area (Å²) in [6, 6.07) is 0. The molecule has 0 radical (unpaired) electrons. The van der Waals surface area contributed by atoms with Gasteiger partial charge in [-0.3, -0.25) is 14.8 Å². The van der Waals surface area contributed by atoms with Crippen molar-refractivity contribution in [3.8, 4) is 0 Å². The maximum atomic E-state index is 10.5. The Morgan fingerprint density at radius 3 is 2.92 bits per heavy atom. The molecule has 0 N–H and O–H groups in total. The Labute approximate surface area is 69.1 Å². The molecule has 12 heavy (non-hydrogen) atoms. The van der Waals surface area contributed by atoms with Crippen molar-refractivity contribution in [2.24, 2.45) is 7.05 Å². The third-order valence-electron chi connectivity index (χ3n) is 2.13. The van der Waals surface area contributed by atoms with E-state index in [-0.39, 0.29) is 10.6 Å². The second-order valence-electron chi connectivity index (χ2n) is 3.07. The van der Waals surface area contributed by atoms with Crippen LogP contribution in [0.15, 0.2) is 6.20 Å². The Morgan fingerprint density at radius 1 is 1.75 bits per heavy atom. The quantitative estimate of drug-likeness (QED) is 0.491. The van der Waals surface area contributed by atoms with Crippen LogP contribution >= 0.6 is 0 Å². The molecule has 0 amide bonds. The third kappa shape index (κ3) is 0.975. The lowest BCUT2D eigenvalue weighted by atomic mass is 10.2. The van der Waals surface area contributed by atoms with E-state index in [0.717, 1.165) is 18.5 Å². The van der Waals surface area contributed by atoms with Crippen molar-refractivity contribution in [3.63, 3.8) is 0 Å². The van der Waals surface area contributed by atoms with Gasteiger partial charge in [0.15, 0.2) is 0 Å². The van der Waals surface area contributed by atoms with Gasteiger partial charge in [-0.2, -0.15) is 5.10 Å². The molecule has 1 aliphatic carbocycles. The molecule has 1 heterocycles. The van der Waals surface area contributed by atoms with Gasteiger partial charge in [0.05, 0.1) is 4.92 Å². The number of aryl methyl sites for hydroxylation is 1. The van der Waals surface area contributed by atoms with Crippen molar-refractivity contribution in [3.05, 3.63) is 22.0 Å². The second kappa shape index (κ2) is 2.30. The summed E-state index contributed by atoms with van der Waals surface area (Å²) in [4.78, 5) is 10.2. The fourth-order valence-corrected chi connectivity index (χ4v) is 1.41. The highest BCUT2D eigenvalue weighted by Gasteiger charge is 2.34. The highest BCUT2D eigenvalue weighted by molar-refractivity contribution is 5.37. The Hall–Kier alpha value is -1.39. The topological polar surface area (TPSA) is 61.0 Å². The molecule has 1 fully saturated rings. The molecular weight excluding hydrogens is 158 g/mol. The van der Waals surface area contributed by atoms with Crippen molar-refractivity contribution in [1.29, 1.82) is 0 Å². The van der Waals surface area contributed by atoms with Crippen molar-refractivity contribution in [1.82, 2.24) is 9.78 Å². The normalized spacial score (nSPS) is 16.4. The average molecular weight is 167 g/mol. The third-order valence-corrected chi connectivity index (χ3v) is 2.13. The molecule has 0 spiro atoms. The molecule has 0 aliphatic heterocycles. The van der Waals surface area contributed by atoms with Crippen LogP contribution in [0.4, 0.5) is 5.69 Å². The lowest BCUT2D eigenvalue weighted by Gasteiger charge is -1.96. The van der Waals surface area contributed by atoms with Crippen LogP contribution in [-0.4, -0.2) is 14.7 Å². The zero-order valence-corrected chi connectivity index (χ0v) is 6.73. The van der Waals surface area contributed by atoms with Crippen LogP contribution in [0.1, 0.15) is 24.5 Å². The molecule has 1 aromatic rings. The predicted molar refractivity (Wildman–Crippen MR) is 41.8 cm³/mol. The Kier molecular flexibility index (Phi) is 1.39. The van der Waals surface area contributed by atoms with Crippen molar-refractivity contribution >= 4 is 5.69 Å². The van der Waals surface area contributed by atoms with Crippen LogP contribution in [0.5, 0.6) is 0 Å². The zero-order chi connectivity index (χ0) is 8.72. The first-order valence-electron chi connectivity index (χ1n) is 3.86. The standard InChI is InChI=1S/C7H9N3O2/c1-9-7(5-2-3-5)6(4-8-9)10(11)12/h4-5H,2-3H2,1H3. The first-order chi connectivity index (χ1) is 5.70. The van der Waals surface area contributed by atoms with Crippen LogP contribution in [0.25, 0.3) is 0 Å². The zero-order valence-electron chi connectivity index (χ0n) is 6.73. The molecule has 64 valence electrons. The van der Waals surface area contributed by atoms with E-state index in [1.165, 1.54) is 6.20 Å².